The van der Waals surface area contributed by atoms with Gasteiger partial charge in [-0.3, -0.25) is 38.4 Å². The molecule has 19 nitrogen and oxygen atoms in total. The van der Waals surface area contributed by atoms with Gasteiger partial charge < -0.3 is 53.2 Å². The number of amides is 7. The lowest BCUT2D eigenvalue weighted by molar-refractivity contribution is -0.143. The Labute approximate surface area is 335 Å². The quantitative estimate of drug-likeness (QED) is 0.0582. The van der Waals surface area contributed by atoms with Gasteiger partial charge >= 0.3 is 11.9 Å². The van der Waals surface area contributed by atoms with Crippen molar-refractivity contribution >= 4 is 65.1 Å². The Kier molecular flexibility index (Phi) is 20.0. The maximum Gasteiger partial charge on any atom is 0.326 e. The van der Waals surface area contributed by atoms with E-state index in [0.29, 0.717) is 24.2 Å². The average Bonchev–Trinajstić information content (AvgIpc) is 3.66. The highest BCUT2D eigenvalue weighted by Crippen LogP contribution is 2.21. The van der Waals surface area contributed by atoms with E-state index in [9.17, 15) is 48.3 Å². The van der Waals surface area contributed by atoms with Gasteiger partial charge in [-0.05, 0) is 56.1 Å². The second-order valence-electron chi connectivity index (χ2n) is 14.0. The number of hydrogen-bond donors (Lipinski definition) is 9. The molecule has 20 heteroatoms. The number of hydrogen-bond acceptors (Lipinski definition) is 11. The molecule has 1 saturated heterocycles. The molecule has 7 amide bonds. The first-order valence-electron chi connectivity index (χ1n) is 18.7. The monoisotopic (exact) mass is 820 g/mol. The second-order valence-corrected chi connectivity index (χ2v) is 15.0. The smallest absolute Gasteiger partial charge is 0.326 e. The Balaban J connectivity index is 2.21. The van der Waals surface area contributed by atoms with Crippen LogP contribution in [0.1, 0.15) is 71.3 Å². The lowest BCUT2D eigenvalue weighted by atomic mass is 9.96. The maximum atomic E-state index is 13.8. The number of primary amides is 1. The van der Waals surface area contributed by atoms with Crippen molar-refractivity contribution in [2.75, 3.05) is 18.6 Å². The summed E-state index contributed by atoms with van der Waals surface area (Å²) in [5.74, 6) is -7.93. The number of thioether (sulfide) groups is 1. The van der Waals surface area contributed by atoms with Crippen molar-refractivity contribution in [2.24, 2.45) is 17.4 Å². The Morgan fingerprint density at radius 2 is 1.47 bits per heavy atom. The summed E-state index contributed by atoms with van der Waals surface area (Å²) in [7, 11) is 0. The number of carbonyl (C=O) groups excluding carboxylic acids is 7. The largest absolute Gasteiger partial charge is 0.481 e. The van der Waals surface area contributed by atoms with Gasteiger partial charge in [-0.2, -0.15) is 11.8 Å². The molecule has 0 aromatic heterocycles. The highest BCUT2D eigenvalue weighted by molar-refractivity contribution is 7.98. The molecule has 8 atom stereocenters. The molecule has 11 N–H and O–H groups in total. The van der Waals surface area contributed by atoms with Crippen LogP contribution in [0.4, 0.5) is 0 Å². The molecule has 1 fully saturated rings. The standard InChI is InChI=1S/C37H56N8O11S/c1-5-20(2)30(44-34(52)27-12-9-16-45(27)36(54)25(15-17-57-4)42-32(50)23(38)19-29(47)48)35(53)41-24(13-14-28(39)46)33(51)40-21(3)31(49)43-26(37(55)56)18-22-10-7-6-8-11-22/h6-8,10-11,20-21,23-27,30H,5,9,12-19,38H2,1-4H3,(H2,39,46)(H,40,51)(H,41,53)(H,42,50)(H,43,49)(H,44,52)(H,47,48)(H,55,56)/t20-,21-,23-,24-,25-,26-,27-,30-/m0/s1. The molecule has 0 bridgehead atoms. The minimum atomic E-state index is -1.40. The zero-order valence-corrected chi connectivity index (χ0v) is 33.5. The van der Waals surface area contributed by atoms with E-state index in [1.807, 2.05) is 0 Å². The van der Waals surface area contributed by atoms with Crippen LogP contribution in [0, 0.1) is 5.92 Å². The average molecular weight is 821 g/mol. The molecule has 1 heterocycles. The van der Waals surface area contributed by atoms with Crippen molar-refractivity contribution in [1.82, 2.24) is 31.5 Å². The first kappa shape index (κ1) is 47.9. The number of nitrogens with one attached hydrogen (secondary N) is 5. The molecule has 0 spiro atoms. The van der Waals surface area contributed by atoms with Crippen LogP contribution in [0.5, 0.6) is 0 Å². The number of nitrogens with zero attached hydrogens (tertiary/aromatic N) is 1. The van der Waals surface area contributed by atoms with E-state index in [2.05, 4.69) is 26.6 Å². The molecule has 1 aliphatic heterocycles. The van der Waals surface area contributed by atoms with Gasteiger partial charge in [0.25, 0.3) is 0 Å². The Morgan fingerprint density at radius 3 is 2.05 bits per heavy atom. The van der Waals surface area contributed by atoms with Gasteiger partial charge in [0.2, 0.25) is 41.4 Å². The predicted octanol–water partition coefficient (Wildman–Crippen LogP) is -1.38. The topological polar surface area (TPSA) is 310 Å². The Hall–Kier alpha value is -5.24. The first-order valence-corrected chi connectivity index (χ1v) is 20.1. The number of rotatable bonds is 24. The van der Waals surface area contributed by atoms with Crippen LogP contribution >= 0.6 is 11.8 Å². The van der Waals surface area contributed by atoms with Crippen molar-refractivity contribution in [1.29, 1.82) is 0 Å². The number of nitrogens with two attached hydrogens (primary N) is 2. The summed E-state index contributed by atoms with van der Waals surface area (Å²) in [6.07, 6.45) is 1.79. The van der Waals surface area contributed by atoms with Gasteiger partial charge in [0.15, 0.2) is 0 Å². The van der Waals surface area contributed by atoms with Crippen molar-refractivity contribution in [3.05, 3.63) is 35.9 Å². The fraction of sp³-hybridized carbons (Fsp3) is 0.595. The van der Waals surface area contributed by atoms with Crippen molar-refractivity contribution in [3.63, 3.8) is 0 Å². The lowest BCUT2D eigenvalue weighted by Crippen LogP contribution is -2.60. The van der Waals surface area contributed by atoms with E-state index in [0.717, 1.165) is 0 Å². The fourth-order valence-corrected chi connectivity index (χ4v) is 6.52. The molecule has 0 saturated carbocycles. The van der Waals surface area contributed by atoms with Crippen LogP contribution in [0.25, 0.3) is 0 Å². The number of likely N-dealkylation sites (tertiary alicyclic amines) is 1. The van der Waals surface area contributed by atoms with E-state index >= 15 is 0 Å². The summed E-state index contributed by atoms with van der Waals surface area (Å²) in [4.78, 5) is 116. The number of carboxylic acids is 2. The van der Waals surface area contributed by atoms with Crippen LogP contribution < -0.4 is 38.1 Å². The minimum Gasteiger partial charge on any atom is -0.481 e. The Morgan fingerprint density at radius 1 is 0.842 bits per heavy atom. The molecule has 1 aliphatic rings. The zero-order chi connectivity index (χ0) is 42.8. The van der Waals surface area contributed by atoms with Crippen molar-refractivity contribution in [2.45, 2.75) is 114 Å². The van der Waals surface area contributed by atoms with Crippen molar-refractivity contribution < 1.29 is 53.4 Å². The normalized spacial score (nSPS) is 17.4. The third-order valence-corrected chi connectivity index (χ3v) is 10.2. The summed E-state index contributed by atoms with van der Waals surface area (Å²) in [5.41, 5.74) is 11.7. The van der Waals surface area contributed by atoms with E-state index < -0.39 is 108 Å². The molecular formula is C37H56N8O11S. The van der Waals surface area contributed by atoms with Gasteiger partial charge in [-0.1, -0.05) is 50.6 Å². The van der Waals surface area contributed by atoms with Crippen molar-refractivity contribution in [3.8, 4) is 0 Å². The SMILES string of the molecule is CC[C@H](C)[C@H](NC(=O)[C@@H]1CCCN1C(=O)[C@H](CCSC)NC(=O)[C@@H](N)CC(=O)O)C(=O)N[C@@H](CCC(N)=O)C(=O)N[C@@H](C)C(=O)N[C@@H](Cc1ccccc1)C(=O)O. The Bertz CT molecular complexity index is 1600. The van der Waals surface area contributed by atoms with Gasteiger partial charge in [0, 0.05) is 19.4 Å². The second kappa shape index (κ2) is 23.7. The van der Waals surface area contributed by atoms with Gasteiger partial charge in [0.05, 0.1) is 12.5 Å². The number of benzene rings is 1. The number of carbonyl (C=O) groups is 9. The molecule has 1 aromatic carbocycles. The molecule has 0 radical (unpaired) electrons. The van der Waals surface area contributed by atoms with Gasteiger partial charge in [0.1, 0.15) is 36.3 Å². The van der Waals surface area contributed by atoms with Crippen LogP contribution in [0.15, 0.2) is 30.3 Å². The molecule has 57 heavy (non-hydrogen) atoms. The molecule has 1 aromatic rings. The molecule has 2 rings (SSSR count). The maximum absolute atomic E-state index is 13.8. The summed E-state index contributed by atoms with van der Waals surface area (Å²) in [5, 5.41) is 31.4. The molecular weight excluding hydrogens is 765 g/mol. The molecule has 0 unspecified atom stereocenters. The summed E-state index contributed by atoms with van der Waals surface area (Å²) in [6, 6.07) is -0.113. The highest BCUT2D eigenvalue weighted by atomic mass is 32.2. The van der Waals surface area contributed by atoms with Gasteiger partial charge in [-0.15, -0.1) is 0 Å². The van der Waals surface area contributed by atoms with E-state index in [1.165, 1.54) is 23.6 Å². The molecule has 0 aliphatic carbocycles. The van der Waals surface area contributed by atoms with Gasteiger partial charge in [-0.25, -0.2) is 4.79 Å². The molecule has 316 valence electrons. The number of aliphatic carboxylic acids is 2. The zero-order valence-electron chi connectivity index (χ0n) is 32.7. The van der Waals surface area contributed by atoms with Crippen LogP contribution in [-0.2, 0) is 49.6 Å². The fourth-order valence-electron chi connectivity index (χ4n) is 6.05. The predicted molar refractivity (Wildman–Crippen MR) is 209 cm³/mol. The third kappa shape index (κ3) is 15.7. The van der Waals surface area contributed by atoms with Crippen LogP contribution in [0.2, 0.25) is 0 Å². The van der Waals surface area contributed by atoms with E-state index in [4.69, 9.17) is 16.6 Å². The minimum absolute atomic E-state index is 0.0200. The van der Waals surface area contributed by atoms with E-state index in [1.54, 1.807) is 50.4 Å². The first-order chi connectivity index (χ1) is 26.9. The van der Waals surface area contributed by atoms with Crippen LogP contribution in [-0.4, -0.2) is 129 Å². The number of carboxylic acid groups (broad SMARTS) is 2. The summed E-state index contributed by atoms with van der Waals surface area (Å²) < 4.78 is 0. The van der Waals surface area contributed by atoms with Crippen LogP contribution in [0.3, 0.4) is 0 Å². The van der Waals surface area contributed by atoms with E-state index in [-0.39, 0.29) is 38.6 Å². The lowest BCUT2D eigenvalue weighted by Gasteiger charge is -2.31. The summed E-state index contributed by atoms with van der Waals surface area (Å²) in [6.45, 7) is 4.95. The highest BCUT2D eigenvalue weighted by Gasteiger charge is 2.40. The summed E-state index contributed by atoms with van der Waals surface area (Å²) >= 11 is 1.41. The third-order valence-electron chi connectivity index (χ3n) is 9.55.